The number of anilines is 1. The molecule has 0 saturated carbocycles. The van der Waals surface area contributed by atoms with Crippen LogP contribution in [0.1, 0.15) is 29.8 Å². The van der Waals surface area contributed by atoms with E-state index in [1.54, 1.807) is 49.5 Å². The molecule has 1 atom stereocenters. The van der Waals surface area contributed by atoms with Gasteiger partial charge in [0.2, 0.25) is 0 Å². The molecule has 0 fully saturated rings. The highest BCUT2D eigenvalue weighted by atomic mass is 32.2. The zero-order chi connectivity index (χ0) is 26.4. The summed E-state index contributed by atoms with van der Waals surface area (Å²) in [4.78, 5) is 16.5. The summed E-state index contributed by atoms with van der Waals surface area (Å²) in [5, 5.41) is -0.123. The van der Waals surface area contributed by atoms with E-state index < -0.39 is 11.2 Å². The van der Waals surface area contributed by atoms with Crippen LogP contribution < -0.4 is 14.4 Å². The van der Waals surface area contributed by atoms with Crippen LogP contribution in [0.5, 0.6) is 11.5 Å². The number of hydrogen-bond donors (Lipinski definition) is 0. The van der Waals surface area contributed by atoms with E-state index in [9.17, 15) is 9.35 Å². The normalized spacial score (nSPS) is 11.7. The van der Waals surface area contributed by atoms with Gasteiger partial charge in [0.15, 0.2) is 16.4 Å². The first-order valence-corrected chi connectivity index (χ1v) is 13.3. The van der Waals surface area contributed by atoms with Crippen LogP contribution >= 0.6 is 0 Å². The highest BCUT2D eigenvalue weighted by molar-refractivity contribution is 7.92. The molecule has 37 heavy (non-hydrogen) atoms. The molecule has 4 rings (SSSR count). The fraction of sp³-hybridized carbons (Fsp3) is 0.194. The molecule has 4 aromatic rings. The summed E-state index contributed by atoms with van der Waals surface area (Å²) in [7, 11) is 3.15. The van der Waals surface area contributed by atoms with E-state index >= 15 is 0 Å². The molecule has 0 heterocycles. The van der Waals surface area contributed by atoms with Crippen LogP contribution in [0.15, 0.2) is 102 Å². The number of ether oxygens (including phenoxy) is 2. The van der Waals surface area contributed by atoms with Crippen LogP contribution in [-0.4, -0.2) is 29.9 Å². The van der Waals surface area contributed by atoms with Gasteiger partial charge < -0.3 is 18.9 Å². The molecule has 0 aliphatic carbocycles. The molecular formula is C31H31NO4S. The standard InChI is InChI=1S/C31H31NO4S/c1-22(2)37(34)30-17-11-10-16-27(30)31(33)32(25-18-19-28(35-3)29(20-25)36-4)21-24-14-8-9-15-26(24)23-12-6-5-7-13-23/h5-20,22H,21H2,1-4H3. The monoisotopic (exact) mass is 513 g/mol. The lowest BCUT2D eigenvalue weighted by Crippen LogP contribution is -2.32. The fourth-order valence-corrected chi connectivity index (χ4v) is 5.31. The SMILES string of the molecule is COc1ccc(N(Cc2ccccc2-c2ccccc2)C(=O)c2ccccc2[S+]([O-])C(C)C)cc1OC. The Labute approximate surface area is 221 Å². The topological polar surface area (TPSA) is 61.8 Å². The van der Waals surface area contributed by atoms with E-state index in [-0.39, 0.29) is 11.2 Å². The summed E-state index contributed by atoms with van der Waals surface area (Å²) in [6.07, 6.45) is 0. The molecule has 0 N–H and O–H groups in total. The maximum Gasteiger partial charge on any atom is 0.263 e. The average Bonchev–Trinajstić information content (AvgIpc) is 2.95. The number of carbonyl (C=O) groups is 1. The highest BCUT2D eigenvalue weighted by Gasteiger charge is 2.28. The lowest BCUT2D eigenvalue weighted by atomic mass is 9.99. The lowest BCUT2D eigenvalue weighted by Gasteiger charge is -2.26. The Bertz CT molecular complexity index is 1360. The van der Waals surface area contributed by atoms with Gasteiger partial charge in [-0.05, 0) is 66.0 Å². The van der Waals surface area contributed by atoms with E-state index in [1.165, 1.54) is 0 Å². The minimum Gasteiger partial charge on any atom is -0.611 e. The molecule has 1 unspecified atom stereocenters. The zero-order valence-electron chi connectivity index (χ0n) is 21.5. The average molecular weight is 514 g/mol. The van der Waals surface area contributed by atoms with Crippen molar-refractivity contribution in [3.8, 4) is 22.6 Å². The van der Waals surface area contributed by atoms with Gasteiger partial charge in [0.1, 0.15) is 5.25 Å². The third-order valence-electron chi connectivity index (χ3n) is 6.12. The van der Waals surface area contributed by atoms with E-state index in [1.807, 2.05) is 62.4 Å². The number of carbonyl (C=O) groups excluding carboxylic acids is 1. The summed E-state index contributed by atoms with van der Waals surface area (Å²) in [6, 6.07) is 30.7. The minimum atomic E-state index is -1.32. The summed E-state index contributed by atoms with van der Waals surface area (Å²) in [6.45, 7) is 4.08. The molecule has 0 aromatic heterocycles. The quantitative estimate of drug-likeness (QED) is 0.233. The first-order valence-electron chi connectivity index (χ1n) is 12.1. The number of rotatable bonds is 9. The smallest absolute Gasteiger partial charge is 0.263 e. The first-order chi connectivity index (χ1) is 17.9. The fourth-order valence-electron chi connectivity index (χ4n) is 4.22. The van der Waals surface area contributed by atoms with Crippen LogP contribution in [-0.2, 0) is 17.7 Å². The van der Waals surface area contributed by atoms with E-state index in [2.05, 4.69) is 18.2 Å². The van der Waals surface area contributed by atoms with Gasteiger partial charge >= 0.3 is 0 Å². The number of amides is 1. The van der Waals surface area contributed by atoms with Crippen LogP contribution in [0.3, 0.4) is 0 Å². The molecule has 190 valence electrons. The van der Waals surface area contributed by atoms with Gasteiger partial charge in [0.05, 0.1) is 26.3 Å². The number of hydrogen-bond acceptors (Lipinski definition) is 4. The van der Waals surface area contributed by atoms with Crippen molar-refractivity contribution in [1.82, 2.24) is 0 Å². The first kappa shape index (κ1) is 26.3. The lowest BCUT2D eigenvalue weighted by molar-refractivity contribution is 0.0982. The molecule has 0 spiro atoms. The second kappa shape index (κ2) is 12.0. The summed E-state index contributed by atoms with van der Waals surface area (Å²) >= 11 is -1.32. The molecule has 0 bridgehead atoms. The second-order valence-corrected chi connectivity index (χ2v) is 10.8. The van der Waals surface area contributed by atoms with Gasteiger partial charge in [-0.15, -0.1) is 0 Å². The molecule has 0 aliphatic heterocycles. The van der Waals surface area contributed by atoms with Crippen molar-refractivity contribution in [2.45, 2.75) is 30.5 Å². The predicted octanol–water partition coefficient (Wildman–Crippen LogP) is 6.73. The molecule has 0 radical (unpaired) electrons. The Hall–Kier alpha value is -3.74. The predicted molar refractivity (Wildman–Crippen MR) is 150 cm³/mol. The Morgan fingerprint density at radius 1 is 0.838 bits per heavy atom. The molecule has 1 amide bonds. The van der Waals surface area contributed by atoms with Crippen molar-refractivity contribution in [3.05, 3.63) is 108 Å². The number of benzene rings is 4. The Balaban J connectivity index is 1.84. The van der Waals surface area contributed by atoms with Crippen molar-refractivity contribution < 1.29 is 18.8 Å². The summed E-state index contributed by atoms with van der Waals surface area (Å²) in [5.41, 5.74) is 4.16. The van der Waals surface area contributed by atoms with E-state index in [0.29, 0.717) is 34.2 Å². The van der Waals surface area contributed by atoms with Crippen molar-refractivity contribution >= 4 is 22.8 Å². The van der Waals surface area contributed by atoms with Crippen molar-refractivity contribution in [2.75, 3.05) is 19.1 Å². The minimum absolute atomic E-state index is 0.123. The molecular weight excluding hydrogens is 482 g/mol. The van der Waals surface area contributed by atoms with Gasteiger partial charge in [-0.2, -0.15) is 0 Å². The third kappa shape index (κ3) is 5.82. The van der Waals surface area contributed by atoms with Crippen LogP contribution in [0, 0.1) is 0 Å². The van der Waals surface area contributed by atoms with Gasteiger partial charge in [0.25, 0.3) is 5.91 Å². The number of nitrogens with zero attached hydrogens (tertiary/aromatic N) is 1. The van der Waals surface area contributed by atoms with E-state index in [4.69, 9.17) is 9.47 Å². The Morgan fingerprint density at radius 3 is 2.19 bits per heavy atom. The van der Waals surface area contributed by atoms with Crippen molar-refractivity contribution in [1.29, 1.82) is 0 Å². The third-order valence-corrected chi connectivity index (χ3v) is 7.76. The van der Waals surface area contributed by atoms with Crippen LogP contribution in [0.2, 0.25) is 0 Å². The largest absolute Gasteiger partial charge is 0.611 e. The van der Waals surface area contributed by atoms with Gasteiger partial charge in [-0.3, -0.25) is 4.79 Å². The van der Waals surface area contributed by atoms with E-state index in [0.717, 1.165) is 16.7 Å². The van der Waals surface area contributed by atoms with Crippen LogP contribution in [0.4, 0.5) is 5.69 Å². The molecule has 6 heteroatoms. The van der Waals surface area contributed by atoms with Gasteiger partial charge in [-0.1, -0.05) is 66.7 Å². The van der Waals surface area contributed by atoms with Gasteiger partial charge in [-0.25, -0.2) is 0 Å². The summed E-state index contributed by atoms with van der Waals surface area (Å²) in [5.74, 6) is 0.859. The molecule has 4 aromatic carbocycles. The summed E-state index contributed by atoms with van der Waals surface area (Å²) < 4.78 is 24.1. The van der Waals surface area contributed by atoms with Crippen molar-refractivity contribution in [3.63, 3.8) is 0 Å². The maximum atomic E-state index is 14.2. The highest BCUT2D eigenvalue weighted by Crippen LogP contribution is 2.35. The Kier molecular flexibility index (Phi) is 8.54. The maximum absolute atomic E-state index is 14.2. The van der Waals surface area contributed by atoms with Gasteiger partial charge in [0, 0.05) is 11.8 Å². The second-order valence-electron chi connectivity index (χ2n) is 8.80. The molecule has 5 nitrogen and oxygen atoms in total. The Morgan fingerprint density at radius 2 is 1.49 bits per heavy atom. The molecule has 0 saturated heterocycles. The van der Waals surface area contributed by atoms with Crippen LogP contribution in [0.25, 0.3) is 11.1 Å². The van der Waals surface area contributed by atoms with Crippen molar-refractivity contribution in [2.24, 2.45) is 0 Å². The zero-order valence-corrected chi connectivity index (χ0v) is 22.3. The number of methoxy groups -OCH3 is 2. The molecule has 0 aliphatic rings.